The van der Waals surface area contributed by atoms with Crippen LogP contribution >= 0.6 is 0 Å². The van der Waals surface area contributed by atoms with E-state index in [1.54, 1.807) is 18.2 Å². The maximum atomic E-state index is 9.73. The molecule has 1 rings (SSSR count). The predicted molar refractivity (Wildman–Crippen MR) is 128 cm³/mol. The first-order chi connectivity index (χ1) is 14.3. The number of hydrogen-bond donors (Lipinski definition) is 2. The van der Waals surface area contributed by atoms with Crippen molar-refractivity contribution in [2.75, 3.05) is 0 Å². The molecule has 0 aliphatic rings. The summed E-state index contributed by atoms with van der Waals surface area (Å²) in [5.74, 6) is 0.285. The molecule has 1 aromatic carbocycles. The van der Waals surface area contributed by atoms with Crippen LogP contribution in [0.2, 0.25) is 0 Å². The molecule has 0 bridgehead atoms. The van der Waals surface area contributed by atoms with E-state index in [1.807, 2.05) is 6.08 Å². The van der Waals surface area contributed by atoms with Crippen LogP contribution < -0.4 is 0 Å². The molecule has 0 saturated heterocycles. The van der Waals surface area contributed by atoms with E-state index in [0.717, 1.165) is 6.42 Å². The van der Waals surface area contributed by atoms with Gasteiger partial charge in [-0.15, -0.1) is 0 Å². The van der Waals surface area contributed by atoms with Gasteiger partial charge in [0.05, 0.1) is 5.56 Å². The zero-order valence-electron chi connectivity index (χ0n) is 19.0. The first-order valence-electron chi connectivity index (χ1n) is 12.4. The molecular formula is C27H46O2. The Kier molecular flexibility index (Phi) is 16.4. The fourth-order valence-corrected chi connectivity index (χ4v) is 3.90. The summed E-state index contributed by atoms with van der Waals surface area (Å²) < 4.78 is 0. The van der Waals surface area contributed by atoms with E-state index in [4.69, 9.17) is 0 Å². The number of allylic oxidation sites excluding steroid dienone is 1. The number of hydrogen-bond acceptors (Lipinski definition) is 2. The van der Waals surface area contributed by atoms with Gasteiger partial charge in [-0.2, -0.15) is 0 Å². The van der Waals surface area contributed by atoms with Crippen molar-refractivity contribution in [1.82, 2.24) is 0 Å². The van der Waals surface area contributed by atoms with E-state index in [1.165, 1.54) is 109 Å². The second-order valence-electron chi connectivity index (χ2n) is 8.56. The molecule has 0 spiro atoms. The van der Waals surface area contributed by atoms with Gasteiger partial charge in [-0.1, -0.05) is 128 Å². The Morgan fingerprint density at radius 2 is 0.966 bits per heavy atom. The Hall–Kier alpha value is -1.44. The summed E-state index contributed by atoms with van der Waals surface area (Å²) >= 11 is 0. The molecule has 166 valence electrons. The fourth-order valence-electron chi connectivity index (χ4n) is 3.90. The number of aromatic hydroxyl groups is 2. The minimum atomic E-state index is 0.142. The van der Waals surface area contributed by atoms with Crippen LogP contribution in [-0.4, -0.2) is 10.2 Å². The predicted octanol–water partition coefficient (Wildman–Crippen LogP) is 9.15. The summed E-state index contributed by atoms with van der Waals surface area (Å²) in [6, 6.07) is 4.86. The van der Waals surface area contributed by atoms with Gasteiger partial charge < -0.3 is 10.2 Å². The number of phenols is 2. The molecule has 0 aliphatic heterocycles. The fraction of sp³-hybridized carbons (Fsp3) is 0.704. The first-order valence-corrected chi connectivity index (χ1v) is 12.4. The third-order valence-corrected chi connectivity index (χ3v) is 5.82. The van der Waals surface area contributed by atoms with Gasteiger partial charge >= 0.3 is 0 Å². The molecule has 2 nitrogen and oxygen atoms in total. The normalized spacial score (nSPS) is 11.5. The van der Waals surface area contributed by atoms with Crippen molar-refractivity contribution in [3.63, 3.8) is 0 Å². The smallest absolute Gasteiger partial charge is 0.126 e. The molecule has 29 heavy (non-hydrogen) atoms. The average molecular weight is 403 g/mol. The van der Waals surface area contributed by atoms with Gasteiger partial charge in [0.1, 0.15) is 11.5 Å². The minimum absolute atomic E-state index is 0.142. The van der Waals surface area contributed by atoms with Crippen molar-refractivity contribution in [3.8, 4) is 11.5 Å². The molecule has 0 heterocycles. The van der Waals surface area contributed by atoms with Crippen molar-refractivity contribution >= 4 is 6.08 Å². The van der Waals surface area contributed by atoms with E-state index in [9.17, 15) is 10.2 Å². The van der Waals surface area contributed by atoms with Gasteiger partial charge in [0.25, 0.3) is 0 Å². The molecule has 0 amide bonds. The van der Waals surface area contributed by atoms with E-state index in [0.29, 0.717) is 5.56 Å². The van der Waals surface area contributed by atoms with Crippen LogP contribution in [0.5, 0.6) is 11.5 Å². The van der Waals surface area contributed by atoms with Crippen LogP contribution in [0.4, 0.5) is 0 Å². The topological polar surface area (TPSA) is 40.5 Å². The number of phenolic OH excluding ortho intramolecular Hbond substituents is 2. The van der Waals surface area contributed by atoms with Crippen LogP contribution in [0, 0.1) is 0 Å². The lowest BCUT2D eigenvalue weighted by Gasteiger charge is -2.03. The zero-order valence-corrected chi connectivity index (χ0v) is 19.0. The molecule has 1 aromatic rings. The Morgan fingerprint density at radius 3 is 1.38 bits per heavy atom. The number of unbranched alkanes of at least 4 members (excludes halogenated alkanes) is 17. The Labute approximate surface area is 180 Å². The highest BCUT2D eigenvalue weighted by Crippen LogP contribution is 2.27. The summed E-state index contributed by atoms with van der Waals surface area (Å²) in [4.78, 5) is 0. The molecule has 0 unspecified atom stereocenters. The van der Waals surface area contributed by atoms with Crippen LogP contribution in [0.25, 0.3) is 6.08 Å². The largest absolute Gasteiger partial charge is 0.507 e. The lowest BCUT2D eigenvalue weighted by molar-refractivity contribution is 0.448. The van der Waals surface area contributed by atoms with E-state index in [2.05, 4.69) is 13.0 Å². The average Bonchev–Trinajstić information content (AvgIpc) is 2.71. The summed E-state index contributed by atoms with van der Waals surface area (Å²) in [5.41, 5.74) is 0.527. The van der Waals surface area contributed by atoms with Crippen molar-refractivity contribution in [1.29, 1.82) is 0 Å². The Bertz CT molecular complexity index is 501. The maximum absolute atomic E-state index is 9.73. The molecular weight excluding hydrogens is 356 g/mol. The highest BCUT2D eigenvalue weighted by molar-refractivity contribution is 5.63. The molecule has 2 N–H and O–H groups in total. The SMILES string of the molecule is CCCCCCCCCCCCCCCCCCCC=Cc1c(O)cccc1O. The summed E-state index contributed by atoms with van der Waals surface area (Å²) in [7, 11) is 0. The van der Waals surface area contributed by atoms with Gasteiger partial charge in [-0.25, -0.2) is 0 Å². The number of rotatable bonds is 19. The van der Waals surface area contributed by atoms with Crippen molar-refractivity contribution in [2.24, 2.45) is 0 Å². The first kappa shape index (κ1) is 25.6. The molecule has 0 radical (unpaired) electrons. The third-order valence-electron chi connectivity index (χ3n) is 5.82. The summed E-state index contributed by atoms with van der Waals surface area (Å²) in [6.07, 6.45) is 28.6. The number of benzene rings is 1. The monoisotopic (exact) mass is 402 g/mol. The lowest BCUT2D eigenvalue weighted by atomic mass is 10.0. The third kappa shape index (κ3) is 14.2. The Balaban J connectivity index is 1.81. The van der Waals surface area contributed by atoms with Crippen molar-refractivity contribution in [3.05, 3.63) is 29.8 Å². The second kappa shape index (κ2) is 18.6. The molecule has 0 fully saturated rings. The van der Waals surface area contributed by atoms with Gasteiger partial charge in [0.15, 0.2) is 0 Å². The van der Waals surface area contributed by atoms with E-state index in [-0.39, 0.29) is 11.5 Å². The summed E-state index contributed by atoms with van der Waals surface area (Å²) in [6.45, 7) is 2.28. The van der Waals surface area contributed by atoms with Crippen LogP contribution in [0.15, 0.2) is 24.3 Å². The van der Waals surface area contributed by atoms with Crippen molar-refractivity contribution < 1.29 is 10.2 Å². The highest BCUT2D eigenvalue weighted by atomic mass is 16.3. The van der Waals surface area contributed by atoms with Gasteiger partial charge in [0, 0.05) is 0 Å². The summed E-state index contributed by atoms with van der Waals surface area (Å²) in [5, 5.41) is 19.5. The van der Waals surface area contributed by atoms with Crippen molar-refractivity contribution in [2.45, 2.75) is 122 Å². The zero-order chi connectivity index (χ0) is 21.0. The van der Waals surface area contributed by atoms with Gasteiger partial charge in [-0.05, 0) is 25.0 Å². The molecule has 0 saturated carbocycles. The van der Waals surface area contributed by atoms with E-state index >= 15 is 0 Å². The molecule has 0 aromatic heterocycles. The maximum Gasteiger partial charge on any atom is 0.126 e. The van der Waals surface area contributed by atoms with Crippen LogP contribution in [-0.2, 0) is 0 Å². The van der Waals surface area contributed by atoms with Gasteiger partial charge in [0.2, 0.25) is 0 Å². The highest BCUT2D eigenvalue weighted by Gasteiger charge is 2.01. The molecule has 2 heteroatoms. The lowest BCUT2D eigenvalue weighted by Crippen LogP contribution is -1.83. The minimum Gasteiger partial charge on any atom is -0.507 e. The van der Waals surface area contributed by atoms with Crippen LogP contribution in [0.1, 0.15) is 128 Å². The standard InChI is InChI=1S/C27H46O2/c1-2-3-4-5-6-7-8-9-10-11-12-13-14-15-16-17-18-19-20-22-25-26(28)23-21-24-27(25)29/h20-24,28-29H,2-19H2,1H3. The van der Waals surface area contributed by atoms with Crippen LogP contribution in [0.3, 0.4) is 0 Å². The second-order valence-corrected chi connectivity index (χ2v) is 8.56. The quantitative estimate of drug-likeness (QED) is 0.226. The molecule has 0 aliphatic carbocycles. The Morgan fingerprint density at radius 1 is 0.586 bits per heavy atom. The van der Waals surface area contributed by atoms with E-state index < -0.39 is 0 Å². The van der Waals surface area contributed by atoms with Gasteiger partial charge in [-0.3, -0.25) is 0 Å². The molecule has 0 atom stereocenters.